The molecule has 0 saturated heterocycles. The van der Waals surface area contributed by atoms with E-state index in [4.69, 9.17) is 4.42 Å². The van der Waals surface area contributed by atoms with E-state index in [1.807, 2.05) is 26.1 Å². The second kappa shape index (κ2) is 8.02. The van der Waals surface area contributed by atoms with Crippen LogP contribution in [0.2, 0.25) is 0 Å². The molecule has 0 atom stereocenters. The molecule has 0 unspecified atom stereocenters. The molecule has 0 aliphatic carbocycles. The van der Waals surface area contributed by atoms with Crippen LogP contribution >= 0.6 is 0 Å². The van der Waals surface area contributed by atoms with Crippen molar-refractivity contribution >= 4 is 5.96 Å². The van der Waals surface area contributed by atoms with Crippen LogP contribution in [-0.4, -0.2) is 33.8 Å². The van der Waals surface area contributed by atoms with Crippen molar-refractivity contribution in [3.63, 3.8) is 0 Å². The number of hydrogen-bond donors (Lipinski definition) is 2. The van der Waals surface area contributed by atoms with Crippen molar-refractivity contribution in [2.24, 2.45) is 12.0 Å². The van der Waals surface area contributed by atoms with Gasteiger partial charge in [-0.25, -0.2) is 9.98 Å². The molecule has 2 aromatic heterocycles. The molecule has 2 N–H and O–H groups in total. The summed E-state index contributed by atoms with van der Waals surface area (Å²) in [5, 5.41) is 10.5. The lowest BCUT2D eigenvalue weighted by Crippen LogP contribution is -2.39. The molecule has 2 aromatic rings. The van der Waals surface area contributed by atoms with Crippen LogP contribution in [0.4, 0.5) is 0 Å². The first-order valence-corrected chi connectivity index (χ1v) is 7.17. The summed E-state index contributed by atoms with van der Waals surface area (Å²) >= 11 is 0. The maximum absolute atomic E-state index is 5.31. The van der Waals surface area contributed by atoms with Crippen molar-refractivity contribution < 1.29 is 4.42 Å². The van der Waals surface area contributed by atoms with Crippen molar-refractivity contribution in [2.75, 3.05) is 13.1 Å². The molecule has 2 rings (SSSR count). The van der Waals surface area contributed by atoms with E-state index in [0.29, 0.717) is 13.1 Å². The smallest absolute Gasteiger partial charge is 0.191 e. The zero-order valence-electron chi connectivity index (χ0n) is 13.0. The highest BCUT2D eigenvalue weighted by Crippen LogP contribution is 1.99. The largest absolute Gasteiger partial charge is 0.469 e. The molecule has 0 spiro atoms. The Morgan fingerprint density at radius 1 is 1.45 bits per heavy atom. The van der Waals surface area contributed by atoms with E-state index in [1.54, 1.807) is 10.9 Å². The van der Waals surface area contributed by atoms with E-state index in [9.17, 15) is 0 Å². The Kier molecular flexibility index (Phi) is 5.76. The van der Waals surface area contributed by atoms with Crippen LogP contribution in [0.3, 0.4) is 0 Å². The number of aryl methyl sites for hydroxylation is 1. The van der Waals surface area contributed by atoms with Crippen molar-refractivity contribution in [3.05, 3.63) is 48.5 Å². The SMILES string of the molecule is C=C(C)CNC(=NCc1ncnn1C)NCCc1ccco1. The summed E-state index contributed by atoms with van der Waals surface area (Å²) in [6, 6.07) is 3.84. The fourth-order valence-corrected chi connectivity index (χ4v) is 1.78. The minimum absolute atomic E-state index is 0.461. The van der Waals surface area contributed by atoms with Gasteiger partial charge in [0.15, 0.2) is 5.96 Å². The lowest BCUT2D eigenvalue weighted by Gasteiger charge is -2.12. The van der Waals surface area contributed by atoms with Crippen molar-refractivity contribution in [1.29, 1.82) is 0 Å². The molecule has 0 radical (unpaired) electrons. The van der Waals surface area contributed by atoms with Crippen LogP contribution < -0.4 is 10.6 Å². The van der Waals surface area contributed by atoms with Crippen LogP contribution in [-0.2, 0) is 20.0 Å². The third-order valence-electron chi connectivity index (χ3n) is 2.99. The van der Waals surface area contributed by atoms with E-state index in [0.717, 1.165) is 36.1 Å². The standard InChI is InChI=1S/C15H22N6O/c1-12(2)9-17-15(16-7-6-13-5-4-8-22-13)18-10-14-19-11-20-21(14)3/h4-5,8,11H,1,6-7,9-10H2,2-3H3,(H2,16,17,18). The van der Waals surface area contributed by atoms with E-state index in [2.05, 4.69) is 32.3 Å². The van der Waals surface area contributed by atoms with Gasteiger partial charge in [0.05, 0.1) is 6.26 Å². The number of rotatable bonds is 7. The second-order valence-electron chi connectivity index (χ2n) is 5.03. The average molecular weight is 302 g/mol. The maximum atomic E-state index is 5.31. The summed E-state index contributed by atoms with van der Waals surface area (Å²) in [5.74, 6) is 2.47. The topological polar surface area (TPSA) is 80.3 Å². The Morgan fingerprint density at radius 3 is 2.95 bits per heavy atom. The second-order valence-corrected chi connectivity index (χ2v) is 5.03. The van der Waals surface area contributed by atoms with Gasteiger partial charge in [0.2, 0.25) is 0 Å². The van der Waals surface area contributed by atoms with Gasteiger partial charge in [0, 0.05) is 26.6 Å². The lowest BCUT2D eigenvalue weighted by molar-refractivity contribution is 0.507. The first-order valence-electron chi connectivity index (χ1n) is 7.17. The molecule has 2 heterocycles. The molecule has 7 nitrogen and oxygen atoms in total. The fraction of sp³-hybridized carbons (Fsp3) is 0.400. The molecular formula is C15H22N6O. The van der Waals surface area contributed by atoms with Crippen molar-refractivity contribution in [1.82, 2.24) is 25.4 Å². The van der Waals surface area contributed by atoms with Gasteiger partial charge in [0.1, 0.15) is 24.5 Å². The third-order valence-corrected chi connectivity index (χ3v) is 2.99. The minimum atomic E-state index is 0.461. The van der Waals surface area contributed by atoms with Crippen LogP contribution in [0.25, 0.3) is 0 Å². The number of nitrogens with one attached hydrogen (secondary N) is 2. The predicted octanol–water partition coefficient (Wildman–Crippen LogP) is 1.26. The molecule has 0 aliphatic heterocycles. The van der Waals surface area contributed by atoms with Crippen LogP contribution in [0, 0.1) is 0 Å². The summed E-state index contributed by atoms with van der Waals surface area (Å²) in [6.07, 6.45) is 4.00. The first kappa shape index (κ1) is 15.8. The zero-order valence-corrected chi connectivity index (χ0v) is 13.0. The number of guanidine groups is 1. The highest BCUT2D eigenvalue weighted by Gasteiger charge is 2.03. The average Bonchev–Trinajstić information content (AvgIpc) is 3.13. The van der Waals surface area contributed by atoms with Gasteiger partial charge in [-0.2, -0.15) is 5.10 Å². The number of nitrogens with zero attached hydrogens (tertiary/aromatic N) is 4. The first-order chi connectivity index (χ1) is 10.6. The molecule has 0 fully saturated rings. The van der Waals surface area contributed by atoms with E-state index < -0.39 is 0 Å². The molecule has 0 saturated carbocycles. The maximum Gasteiger partial charge on any atom is 0.191 e. The monoisotopic (exact) mass is 302 g/mol. The van der Waals surface area contributed by atoms with E-state index in [1.165, 1.54) is 6.33 Å². The molecule has 22 heavy (non-hydrogen) atoms. The molecule has 7 heteroatoms. The molecule has 0 amide bonds. The number of hydrogen-bond acceptors (Lipinski definition) is 4. The normalized spacial score (nSPS) is 11.5. The summed E-state index contributed by atoms with van der Waals surface area (Å²) in [7, 11) is 1.85. The quantitative estimate of drug-likeness (QED) is 0.457. The summed E-state index contributed by atoms with van der Waals surface area (Å²) in [6.45, 7) is 7.72. The summed E-state index contributed by atoms with van der Waals surface area (Å²) in [5.41, 5.74) is 1.04. The Labute approximate surface area is 130 Å². The van der Waals surface area contributed by atoms with E-state index >= 15 is 0 Å². The highest BCUT2D eigenvalue weighted by molar-refractivity contribution is 5.79. The molecule has 0 aromatic carbocycles. The molecule has 0 bridgehead atoms. The van der Waals surface area contributed by atoms with E-state index in [-0.39, 0.29) is 0 Å². The van der Waals surface area contributed by atoms with Gasteiger partial charge < -0.3 is 15.1 Å². The van der Waals surface area contributed by atoms with Gasteiger partial charge in [-0.05, 0) is 19.1 Å². The zero-order chi connectivity index (χ0) is 15.8. The molecule has 0 aliphatic rings. The van der Waals surface area contributed by atoms with Crippen LogP contribution in [0.1, 0.15) is 18.5 Å². The van der Waals surface area contributed by atoms with Crippen LogP contribution in [0.5, 0.6) is 0 Å². The number of aliphatic imine (C=N–C) groups is 1. The highest BCUT2D eigenvalue weighted by atomic mass is 16.3. The summed E-state index contributed by atoms with van der Waals surface area (Å²) in [4.78, 5) is 8.68. The van der Waals surface area contributed by atoms with Crippen molar-refractivity contribution in [2.45, 2.75) is 19.9 Å². The van der Waals surface area contributed by atoms with Gasteiger partial charge in [0.25, 0.3) is 0 Å². The van der Waals surface area contributed by atoms with Gasteiger partial charge in [-0.15, -0.1) is 0 Å². The molecule has 118 valence electrons. The van der Waals surface area contributed by atoms with Gasteiger partial charge in [-0.1, -0.05) is 12.2 Å². The fourth-order valence-electron chi connectivity index (χ4n) is 1.78. The number of furan rings is 1. The van der Waals surface area contributed by atoms with Gasteiger partial charge in [-0.3, -0.25) is 4.68 Å². The Balaban J connectivity index is 1.89. The predicted molar refractivity (Wildman–Crippen MR) is 85.4 cm³/mol. The Bertz CT molecular complexity index is 614. The summed E-state index contributed by atoms with van der Waals surface area (Å²) < 4.78 is 7.02. The Hall–Kier alpha value is -2.57. The van der Waals surface area contributed by atoms with Crippen LogP contribution in [0.15, 0.2) is 46.3 Å². The number of aromatic nitrogens is 3. The molecular weight excluding hydrogens is 280 g/mol. The Morgan fingerprint density at radius 2 is 2.32 bits per heavy atom. The van der Waals surface area contributed by atoms with Crippen molar-refractivity contribution in [3.8, 4) is 0 Å². The minimum Gasteiger partial charge on any atom is -0.469 e. The van der Waals surface area contributed by atoms with Gasteiger partial charge >= 0.3 is 0 Å². The third kappa shape index (κ3) is 5.08. The lowest BCUT2D eigenvalue weighted by atomic mass is 10.3.